The molecule has 2 N–H and O–H groups in total. The van der Waals surface area contributed by atoms with Crippen LogP contribution in [0.15, 0.2) is 34.2 Å². The highest BCUT2D eigenvalue weighted by Crippen LogP contribution is 2.13. The van der Waals surface area contributed by atoms with E-state index in [0.717, 1.165) is 5.56 Å². The largest absolute Gasteiger partial charge is 0.383 e. The predicted octanol–water partition coefficient (Wildman–Crippen LogP) is 0.866. The zero-order chi connectivity index (χ0) is 16.6. The van der Waals surface area contributed by atoms with Gasteiger partial charge in [-0.25, -0.2) is 12.7 Å². The molecule has 0 bridgehead atoms. The Hall–Kier alpha value is -0.910. The quantitative estimate of drug-likeness (QED) is 0.276. The third-order valence-electron chi connectivity index (χ3n) is 2.98. The Labute approximate surface area is 155 Å². The molecule has 0 aliphatic heterocycles. The van der Waals surface area contributed by atoms with Crippen molar-refractivity contribution in [1.29, 1.82) is 0 Å². The summed E-state index contributed by atoms with van der Waals surface area (Å²) < 4.78 is 30.1. The van der Waals surface area contributed by atoms with Crippen molar-refractivity contribution in [3.63, 3.8) is 0 Å². The number of sulfonamides is 1. The first kappa shape index (κ1) is 22.1. The van der Waals surface area contributed by atoms with Crippen LogP contribution in [-0.2, 0) is 21.3 Å². The Balaban J connectivity index is 0.00000484. The Morgan fingerprint density at radius 3 is 2.30 bits per heavy atom. The number of guanidine groups is 1. The molecule has 0 aromatic heterocycles. The third-order valence-corrected chi connectivity index (χ3v) is 4.81. The molecule has 23 heavy (non-hydrogen) atoms. The molecule has 132 valence electrons. The van der Waals surface area contributed by atoms with E-state index in [0.29, 0.717) is 25.7 Å². The van der Waals surface area contributed by atoms with Gasteiger partial charge in [0.15, 0.2) is 5.96 Å². The van der Waals surface area contributed by atoms with Crippen molar-refractivity contribution in [3.05, 3.63) is 29.8 Å². The number of rotatable bonds is 7. The lowest BCUT2D eigenvalue weighted by Crippen LogP contribution is -2.38. The molecule has 0 spiro atoms. The summed E-state index contributed by atoms with van der Waals surface area (Å²) in [6, 6.07) is 6.78. The lowest BCUT2D eigenvalue weighted by atomic mass is 10.2. The molecular formula is C14H25IN4O3S. The predicted molar refractivity (Wildman–Crippen MR) is 103 cm³/mol. The number of methoxy groups -OCH3 is 1. The van der Waals surface area contributed by atoms with Gasteiger partial charge in [-0.05, 0) is 17.7 Å². The fourth-order valence-corrected chi connectivity index (χ4v) is 2.57. The Kier molecular flexibility index (Phi) is 10.4. The van der Waals surface area contributed by atoms with Crippen molar-refractivity contribution >= 4 is 40.0 Å². The molecule has 7 nitrogen and oxygen atoms in total. The van der Waals surface area contributed by atoms with E-state index in [1.54, 1.807) is 38.4 Å². The first-order valence-corrected chi connectivity index (χ1v) is 8.30. The zero-order valence-electron chi connectivity index (χ0n) is 13.9. The third kappa shape index (κ3) is 7.02. The summed E-state index contributed by atoms with van der Waals surface area (Å²) in [7, 11) is 2.98. The van der Waals surface area contributed by atoms with Crippen LogP contribution in [0.5, 0.6) is 0 Å². The maximum atomic E-state index is 12.0. The summed E-state index contributed by atoms with van der Waals surface area (Å²) in [4.78, 5) is 4.37. The van der Waals surface area contributed by atoms with Crippen molar-refractivity contribution in [3.8, 4) is 0 Å². The number of nitrogens with one attached hydrogen (secondary N) is 2. The van der Waals surface area contributed by atoms with Crippen molar-refractivity contribution < 1.29 is 13.2 Å². The molecule has 0 atom stereocenters. The summed E-state index contributed by atoms with van der Waals surface area (Å²) >= 11 is 0. The van der Waals surface area contributed by atoms with Crippen LogP contribution in [0.4, 0.5) is 0 Å². The second-order valence-electron chi connectivity index (χ2n) is 4.78. The van der Waals surface area contributed by atoms with E-state index >= 15 is 0 Å². The van der Waals surface area contributed by atoms with Gasteiger partial charge in [0.2, 0.25) is 10.0 Å². The summed E-state index contributed by atoms with van der Waals surface area (Å²) in [5.41, 5.74) is 0.965. The van der Waals surface area contributed by atoms with E-state index < -0.39 is 10.0 Å². The minimum Gasteiger partial charge on any atom is -0.383 e. The molecule has 1 aromatic carbocycles. The van der Waals surface area contributed by atoms with E-state index in [1.165, 1.54) is 18.4 Å². The molecule has 0 saturated carbocycles. The molecule has 1 aromatic rings. The molecule has 0 fully saturated rings. The molecule has 1 rings (SSSR count). The minimum absolute atomic E-state index is 0. The van der Waals surface area contributed by atoms with Crippen molar-refractivity contribution in [2.45, 2.75) is 11.4 Å². The van der Waals surface area contributed by atoms with Crippen LogP contribution in [0.25, 0.3) is 0 Å². The van der Waals surface area contributed by atoms with Gasteiger partial charge in [-0.1, -0.05) is 12.1 Å². The Morgan fingerprint density at radius 1 is 1.22 bits per heavy atom. The SMILES string of the molecule is CN=C(NCCOC)NCc1ccc(S(=O)(=O)N(C)C)cc1.I. The van der Waals surface area contributed by atoms with Crippen LogP contribution in [-0.4, -0.2) is 60.1 Å². The topological polar surface area (TPSA) is 83.0 Å². The number of nitrogens with zero attached hydrogens (tertiary/aromatic N) is 2. The number of ether oxygens (including phenoxy) is 1. The first-order chi connectivity index (χ1) is 10.4. The van der Waals surface area contributed by atoms with Gasteiger partial charge in [0.05, 0.1) is 11.5 Å². The van der Waals surface area contributed by atoms with Crippen LogP contribution in [0.3, 0.4) is 0 Å². The summed E-state index contributed by atoms with van der Waals surface area (Å²) in [6.45, 7) is 1.81. The maximum Gasteiger partial charge on any atom is 0.242 e. The highest BCUT2D eigenvalue weighted by molar-refractivity contribution is 14.0. The fourth-order valence-electron chi connectivity index (χ4n) is 1.67. The van der Waals surface area contributed by atoms with E-state index in [1.807, 2.05) is 0 Å². The van der Waals surface area contributed by atoms with E-state index in [2.05, 4.69) is 15.6 Å². The van der Waals surface area contributed by atoms with Crippen LogP contribution in [0, 0.1) is 0 Å². The summed E-state index contributed by atoms with van der Waals surface area (Å²) in [5.74, 6) is 0.669. The van der Waals surface area contributed by atoms with Gasteiger partial charge in [-0.15, -0.1) is 24.0 Å². The lowest BCUT2D eigenvalue weighted by molar-refractivity contribution is 0.203. The van der Waals surface area contributed by atoms with Crippen LogP contribution < -0.4 is 10.6 Å². The number of hydrogen-bond acceptors (Lipinski definition) is 4. The monoisotopic (exact) mass is 456 g/mol. The molecule has 0 heterocycles. The Bertz CT molecular complexity index is 589. The molecule has 0 unspecified atom stereocenters. The number of aliphatic imine (C=N–C) groups is 1. The van der Waals surface area contributed by atoms with Gasteiger partial charge in [0.25, 0.3) is 0 Å². The van der Waals surface area contributed by atoms with Gasteiger partial charge in [0, 0.05) is 41.3 Å². The average molecular weight is 456 g/mol. The molecule has 0 radical (unpaired) electrons. The molecule has 9 heteroatoms. The second-order valence-corrected chi connectivity index (χ2v) is 6.93. The van der Waals surface area contributed by atoms with Gasteiger partial charge < -0.3 is 15.4 Å². The maximum absolute atomic E-state index is 12.0. The molecule has 0 amide bonds. The lowest BCUT2D eigenvalue weighted by Gasteiger charge is -2.13. The fraction of sp³-hybridized carbons (Fsp3) is 0.500. The molecule has 0 saturated heterocycles. The van der Waals surface area contributed by atoms with Crippen LogP contribution in [0.2, 0.25) is 0 Å². The van der Waals surface area contributed by atoms with Crippen molar-refractivity contribution in [2.24, 2.45) is 4.99 Å². The highest BCUT2D eigenvalue weighted by atomic mass is 127. The number of benzene rings is 1. The molecule has 0 aliphatic rings. The van der Waals surface area contributed by atoms with Crippen molar-refractivity contribution in [1.82, 2.24) is 14.9 Å². The summed E-state index contributed by atoms with van der Waals surface area (Å²) in [5, 5.41) is 6.25. The summed E-state index contributed by atoms with van der Waals surface area (Å²) in [6.07, 6.45) is 0. The van der Waals surface area contributed by atoms with Crippen LogP contribution >= 0.6 is 24.0 Å². The van der Waals surface area contributed by atoms with Crippen molar-refractivity contribution in [2.75, 3.05) is 41.4 Å². The van der Waals surface area contributed by atoms with Gasteiger partial charge in [-0.2, -0.15) is 0 Å². The van der Waals surface area contributed by atoms with Gasteiger partial charge in [-0.3, -0.25) is 4.99 Å². The first-order valence-electron chi connectivity index (χ1n) is 6.86. The minimum atomic E-state index is -3.38. The molecular weight excluding hydrogens is 431 g/mol. The number of hydrogen-bond donors (Lipinski definition) is 2. The normalized spacial score (nSPS) is 12.0. The second kappa shape index (κ2) is 10.8. The number of halogens is 1. The zero-order valence-corrected chi connectivity index (χ0v) is 17.0. The standard InChI is InChI=1S/C14H24N4O3S.HI/c1-15-14(16-9-10-21-4)17-11-12-5-7-13(8-6-12)22(19,20)18(2)3;/h5-8H,9-11H2,1-4H3,(H2,15,16,17);1H. The van der Waals surface area contributed by atoms with Gasteiger partial charge in [0.1, 0.15) is 0 Å². The smallest absolute Gasteiger partial charge is 0.242 e. The molecule has 0 aliphatic carbocycles. The average Bonchev–Trinajstić information content (AvgIpc) is 2.51. The van der Waals surface area contributed by atoms with E-state index in [9.17, 15) is 8.42 Å². The van der Waals surface area contributed by atoms with Gasteiger partial charge >= 0.3 is 0 Å². The van der Waals surface area contributed by atoms with E-state index in [-0.39, 0.29) is 28.9 Å². The highest BCUT2D eigenvalue weighted by Gasteiger charge is 2.16. The van der Waals surface area contributed by atoms with Crippen LogP contribution in [0.1, 0.15) is 5.56 Å². The van der Waals surface area contributed by atoms with E-state index in [4.69, 9.17) is 4.74 Å². The Morgan fingerprint density at radius 2 is 1.83 bits per heavy atom.